The summed E-state index contributed by atoms with van der Waals surface area (Å²) in [7, 11) is -4.90. The summed E-state index contributed by atoms with van der Waals surface area (Å²) in [5.41, 5.74) is -1.37. The highest BCUT2D eigenvalue weighted by Gasteiger charge is 2.50. The molecule has 3 heterocycles. The molecule has 1 aliphatic heterocycles. The summed E-state index contributed by atoms with van der Waals surface area (Å²) in [5, 5.41) is 29.4. The maximum absolute atomic E-state index is 13.3. The zero-order chi connectivity index (χ0) is 19.8. The number of nitrogens with zero attached hydrogens (tertiary/aromatic N) is 2. The van der Waals surface area contributed by atoms with Crippen LogP contribution in [0.15, 0.2) is 36.8 Å². The Labute approximate surface area is 152 Å². The largest absolute Gasteiger partial charge is 0.460 e. The van der Waals surface area contributed by atoms with Gasteiger partial charge < -0.3 is 24.8 Å². The van der Waals surface area contributed by atoms with Crippen LogP contribution in [-0.4, -0.2) is 68.3 Å². The lowest BCUT2D eigenvalue weighted by Crippen LogP contribution is -2.61. The van der Waals surface area contributed by atoms with Gasteiger partial charge in [0.2, 0.25) is 17.7 Å². The number of hydrogen-bond acceptors (Lipinski definition) is 9. The van der Waals surface area contributed by atoms with Crippen LogP contribution in [0.4, 0.5) is 4.39 Å². The zero-order valence-electron chi connectivity index (χ0n) is 13.5. The number of aliphatic hydroxyl groups excluding tert-OH is 3. The fourth-order valence-corrected chi connectivity index (χ4v) is 3.28. The van der Waals surface area contributed by atoms with Crippen molar-refractivity contribution in [1.29, 1.82) is 0 Å². The van der Waals surface area contributed by atoms with Crippen molar-refractivity contribution in [3.8, 4) is 16.9 Å². The monoisotopic (exact) mass is 402 g/mol. The fourth-order valence-electron chi connectivity index (χ4n) is 2.52. The van der Waals surface area contributed by atoms with E-state index < -0.39 is 46.1 Å². The molecule has 2 aromatic rings. The van der Waals surface area contributed by atoms with Crippen LogP contribution in [0.5, 0.6) is 5.75 Å². The Bertz CT molecular complexity index is 928. The smallest absolute Gasteiger partial charge is 0.295 e. The van der Waals surface area contributed by atoms with E-state index in [1.54, 1.807) is 0 Å². The van der Waals surface area contributed by atoms with E-state index in [0.717, 1.165) is 6.07 Å². The predicted octanol–water partition coefficient (Wildman–Crippen LogP) is -0.686. The Kier molecular flexibility index (Phi) is 5.37. The molecule has 0 bridgehead atoms. The van der Waals surface area contributed by atoms with Gasteiger partial charge in [-0.05, 0) is 17.7 Å². The van der Waals surface area contributed by atoms with Gasteiger partial charge in [-0.2, -0.15) is 12.8 Å². The minimum absolute atomic E-state index is 0.00792. The summed E-state index contributed by atoms with van der Waals surface area (Å²) >= 11 is 0. The normalized spacial score (nSPS) is 28.7. The fraction of sp³-hybridized carbons (Fsp3) is 0.333. The molecule has 0 saturated carbocycles. The lowest BCUT2D eigenvalue weighted by Gasteiger charge is -2.38. The lowest BCUT2D eigenvalue weighted by atomic mass is 10.1. The molecule has 27 heavy (non-hydrogen) atoms. The number of ether oxygens (including phenoxy) is 2. The third-order valence-corrected chi connectivity index (χ3v) is 4.82. The van der Waals surface area contributed by atoms with E-state index in [0.29, 0.717) is 11.1 Å². The highest BCUT2D eigenvalue weighted by atomic mass is 32.2. The zero-order valence-corrected chi connectivity index (χ0v) is 14.3. The van der Waals surface area contributed by atoms with Gasteiger partial charge in [0.25, 0.3) is 10.1 Å². The van der Waals surface area contributed by atoms with Gasteiger partial charge in [0.05, 0.1) is 6.20 Å². The van der Waals surface area contributed by atoms with Crippen LogP contribution in [0.2, 0.25) is 0 Å². The Morgan fingerprint density at radius 3 is 2.48 bits per heavy atom. The van der Waals surface area contributed by atoms with Crippen LogP contribution in [0.25, 0.3) is 11.1 Å². The van der Waals surface area contributed by atoms with E-state index >= 15 is 0 Å². The molecule has 12 heteroatoms. The van der Waals surface area contributed by atoms with Crippen LogP contribution in [-0.2, 0) is 14.9 Å². The van der Waals surface area contributed by atoms with E-state index in [9.17, 15) is 28.1 Å². The molecular weight excluding hydrogens is 387 g/mol. The van der Waals surface area contributed by atoms with E-state index in [1.165, 1.54) is 30.7 Å². The van der Waals surface area contributed by atoms with Gasteiger partial charge in [0.15, 0.2) is 0 Å². The molecule has 1 saturated heterocycles. The number of rotatable bonds is 4. The van der Waals surface area contributed by atoms with Crippen molar-refractivity contribution in [2.45, 2.75) is 30.0 Å². The van der Waals surface area contributed by atoms with Gasteiger partial charge in [0.1, 0.15) is 24.1 Å². The molecule has 2 aromatic heterocycles. The molecule has 146 valence electrons. The van der Waals surface area contributed by atoms with Crippen molar-refractivity contribution in [1.82, 2.24) is 9.97 Å². The number of hydrogen-bond donors (Lipinski definition) is 4. The molecule has 1 fully saturated rings. The second-order valence-electron chi connectivity index (χ2n) is 5.75. The van der Waals surface area contributed by atoms with Gasteiger partial charge in [-0.1, -0.05) is 0 Å². The van der Waals surface area contributed by atoms with E-state index in [1.807, 2.05) is 0 Å². The van der Waals surface area contributed by atoms with Crippen molar-refractivity contribution >= 4 is 10.1 Å². The molecule has 0 aromatic carbocycles. The maximum Gasteiger partial charge on any atom is 0.295 e. The van der Waals surface area contributed by atoms with Gasteiger partial charge in [0, 0.05) is 24.0 Å². The molecule has 1 unspecified atom stereocenters. The lowest BCUT2D eigenvalue weighted by molar-refractivity contribution is -0.254. The molecule has 1 aliphatic rings. The highest BCUT2D eigenvalue weighted by Crippen LogP contribution is 2.28. The van der Waals surface area contributed by atoms with Crippen LogP contribution < -0.4 is 4.74 Å². The summed E-state index contributed by atoms with van der Waals surface area (Å²) < 4.78 is 55.2. The van der Waals surface area contributed by atoms with Crippen molar-refractivity contribution in [2.24, 2.45) is 0 Å². The summed E-state index contributed by atoms with van der Waals surface area (Å²) in [5.74, 6) is -0.718. The Hall–Kier alpha value is -2.22. The minimum atomic E-state index is -4.90. The molecular formula is C15H15FN2O8S. The Morgan fingerprint density at radius 2 is 1.81 bits per heavy atom. The van der Waals surface area contributed by atoms with Crippen molar-refractivity contribution in [3.63, 3.8) is 0 Å². The maximum atomic E-state index is 13.3. The minimum Gasteiger partial charge on any atom is -0.460 e. The second-order valence-corrected chi connectivity index (χ2v) is 7.25. The number of aromatic nitrogens is 2. The molecule has 5 atom stereocenters. The van der Waals surface area contributed by atoms with Gasteiger partial charge in [-0.25, -0.2) is 4.98 Å². The van der Waals surface area contributed by atoms with E-state index in [2.05, 4.69) is 9.97 Å². The first-order valence-corrected chi connectivity index (χ1v) is 9.07. The summed E-state index contributed by atoms with van der Waals surface area (Å²) in [6.07, 6.45) is -3.74. The van der Waals surface area contributed by atoms with Crippen LogP contribution >= 0.6 is 0 Å². The standard InChI is InChI=1S/C15H15FN2O8S/c16-10-4-7(1-2-18-10)8-3-9(6-17-5-8)25-14-12(20)11(19)13(21)15(26-14)27(22,23)24/h1-6,11-15,19-21H,(H,22,23,24)/t11-,12-,13+,14-,15?/m1/s1. The quantitative estimate of drug-likeness (QED) is 0.381. The van der Waals surface area contributed by atoms with Crippen LogP contribution in [0.1, 0.15) is 0 Å². The molecule has 10 nitrogen and oxygen atoms in total. The van der Waals surface area contributed by atoms with Gasteiger partial charge in [-0.15, -0.1) is 0 Å². The molecule has 0 aliphatic carbocycles. The molecule has 3 rings (SSSR count). The van der Waals surface area contributed by atoms with E-state index in [-0.39, 0.29) is 5.75 Å². The number of aliphatic hydroxyl groups is 3. The third kappa shape index (κ3) is 4.21. The first-order valence-electron chi connectivity index (χ1n) is 7.56. The molecule has 4 N–H and O–H groups in total. The van der Waals surface area contributed by atoms with Crippen LogP contribution in [0, 0.1) is 5.95 Å². The first kappa shape index (κ1) is 19.5. The van der Waals surface area contributed by atoms with Gasteiger partial charge >= 0.3 is 0 Å². The summed E-state index contributed by atoms with van der Waals surface area (Å²) in [6, 6.07) is 4.07. The Morgan fingerprint density at radius 1 is 1.07 bits per heavy atom. The van der Waals surface area contributed by atoms with E-state index in [4.69, 9.17) is 14.0 Å². The van der Waals surface area contributed by atoms with Crippen molar-refractivity contribution < 1.29 is 42.2 Å². The average Bonchev–Trinajstić information content (AvgIpc) is 2.61. The van der Waals surface area contributed by atoms with Crippen molar-refractivity contribution in [2.75, 3.05) is 0 Å². The van der Waals surface area contributed by atoms with Crippen molar-refractivity contribution in [3.05, 3.63) is 42.7 Å². The number of pyridine rings is 2. The van der Waals surface area contributed by atoms with Crippen LogP contribution in [0.3, 0.4) is 0 Å². The summed E-state index contributed by atoms with van der Waals surface area (Å²) in [4.78, 5) is 7.33. The molecule has 0 radical (unpaired) electrons. The second kappa shape index (κ2) is 7.42. The first-order chi connectivity index (χ1) is 12.7. The summed E-state index contributed by atoms with van der Waals surface area (Å²) in [6.45, 7) is 0. The molecule has 0 amide bonds. The topological polar surface area (TPSA) is 159 Å². The van der Waals surface area contributed by atoms with Gasteiger partial charge in [-0.3, -0.25) is 9.54 Å². The SMILES string of the molecule is O=S(=O)(O)C1O[C@@H](Oc2cncc(-c3ccnc(F)c3)c2)[C@H](O)[C@@H](O)[C@@H]1O. The average molecular weight is 402 g/mol. The highest BCUT2D eigenvalue weighted by molar-refractivity contribution is 7.86. The molecule has 0 spiro atoms. The Balaban J connectivity index is 1.85. The third-order valence-electron chi connectivity index (χ3n) is 3.84. The predicted molar refractivity (Wildman–Crippen MR) is 86.3 cm³/mol. The number of halogens is 1.